The summed E-state index contributed by atoms with van der Waals surface area (Å²) in [6.45, 7) is 5.31. The van der Waals surface area contributed by atoms with E-state index in [-0.39, 0.29) is 5.56 Å². The summed E-state index contributed by atoms with van der Waals surface area (Å²) in [6.07, 6.45) is 0. The van der Waals surface area contributed by atoms with Gasteiger partial charge in [-0.05, 0) is 44.5 Å². The van der Waals surface area contributed by atoms with Crippen LogP contribution < -0.4 is 14.8 Å². The summed E-state index contributed by atoms with van der Waals surface area (Å²) >= 11 is 1.25. The van der Waals surface area contributed by atoms with Gasteiger partial charge in [-0.3, -0.25) is 4.79 Å². The molecule has 0 saturated carbocycles. The Kier molecular flexibility index (Phi) is 7.60. The van der Waals surface area contributed by atoms with Crippen LogP contribution in [0.15, 0.2) is 18.2 Å². The summed E-state index contributed by atoms with van der Waals surface area (Å²) in [5, 5.41) is 2.96. The third kappa shape index (κ3) is 5.26. The zero-order valence-electron chi connectivity index (χ0n) is 16.9. The van der Waals surface area contributed by atoms with Gasteiger partial charge in [0, 0.05) is 4.88 Å². The molecule has 1 aromatic carbocycles. The monoisotopic (exact) mass is 421 g/mol. The molecule has 2 aromatic rings. The second-order valence-corrected chi connectivity index (χ2v) is 7.13. The van der Waals surface area contributed by atoms with Crippen molar-refractivity contribution in [3.8, 4) is 11.5 Å². The molecule has 9 heteroatoms. The molecular formula is C20H23NO7S. The van der Waals surface area contributed by atoms with Crippen LogP contribution in [-0.2, 0) is 14.3 Å². The molecule has 0 aliphatic heterocycles. The van der Waals surface area contributed by atoms with Gasteiger partial charge < -0.3 is 24.3 Å². The maximum absolute atomic E-state index is 12.3. The maximum atomic E-state index is 12.3. The molecule has 0 atom stereocenters. The zero-order chi connectivity index (χ0) is 21.6. The summed E-state index contributed by atoms with van der Waals surface area (Å²) in [4.78, 5) is 37.3. The summed E-state index contributed by atoms with van der Waals surface area (Å²) in [6, 6.07) is 4.59. The molecule has 0 aliphatic carbocycles. The molecule has 0 saturated heterocycles. The van der Waals surface area contributed by atoms with Crippen molar-refractivity contribution in [1.82, 2.24) is 0 Å². The quantitative estimate of drug-likeness (QED) is 0.652. The van der Waals surface area contributed by atoms with Gasteiger partial charge in [0.15, 0.2) is 18.1 Å². The SMILES string of the molecule is CCOc1cc(C(=O)OCC(=O)Nc2sc(C)c(C)c2C(=O)OC)ccc1OC. The van der Waals surface area contributed by atoms with Crippen molar-refractivity contribution in [2.24, 2.45) is 0 Å². The highest BCUT2D eigenvalue weighted by Crippen LogP contribution is 2.33. The highest BCUT2D eigenvalue weighted by molar-refractivity contribution is 7.16. The summed E-state index contributed by atoms with van der Waals surface area (Å²) in [7, 11) is 2.77. The Bertz CT molecular complexity index is 920. The van der Waals surface area contributed by atoms with Gasteiger partial charge in [0.1, 0.15) is 5.00 Å². The predicted molar refractivity (Wildman–Crippen MR) is 108 cm³/mol. The molecule has 0 bridgehead atoms. The lowest BCUT2D eigenvalue weighted by Gasteiger charge is -2.11. The number of esters is 2. The Morgan fingerprint density at radius 2 is 1.79 bits per heavy atom. The van der Waals surface area contributed by atoms with Crippen LogP contribution in [0, 0.1) is 13.8 Å². The summed E-state index contributed by atoms with van der Waals surface area (Å²) in [5.74, 6) is -0.902. The number of carbonyl (C=O) groups is 3. The fourth-order valence-electron chi connectivity index (χ4n) is 2.51. The van der Waals surface area contributed by atoms with Crippen molar-refractivity contribution in [3.63, 3.8) is 0 Å². The van der Waals surface area contributed by atoms with Crippen molar-refractivity contribution in [2.75, 3.05) is 32.8 Å². The first-order valence-corrected chi connectivity index (χ1v) is 9.60. The van der Waals surface area contributed by atoms with Crippen LogP contribution in [-0.4, -0.2) is 45.3 Å². The first kappa shape index (κ1) is 22.2. The van der Waals surface area contributed by atoms with Gasteiger partial charge >= 0.3 is 11.9 Å². The van der Waals surface area contributed by atoms with Crippen molar-refractivity contribution in [1.29, 1.82) is 0 Å². The lowest BCUT2D eigenvalue weighted by Crippen LogP contribution is -2.21. The third-order valence-electron chi connectivity index (χ3n) is 4.06. The van der Waals surface area contributed by atoms with E-state index in [1.54, 1.807) is 13.0 Å². The van der Waals surface area contributed by atoms with Crippen LogP contribution in [0.4, 0.5) is 5.00 Å². The third-order valence-corrected chi connectivity index (χ3v) is 5.18. The molecule has 1 aromatic heterocycles. The Morgan fingerprint density at radius 3 is 2.41 bits per heavy atom. The Labute approximate surface area is 172 Å². The Balaban J connectivity index is 2.05. The predicted octanol–water partition coefficient (Wildman–Crippen LogP) is 3.35. The van der Waals surface area contributed by atoms with Crippen LogP contribution in [0.25, 0.3) is 0 Å². The van der Waals surface area contributed by atoms with Crippen LogP contribution in [0.1, 0.15) is 38.1 Å². The standard InChI is InChI=1S/C20H23NO7S/c1-6-27-15-9-13(7-8-14(15)25-4)19(23)28-10-16(22)21-18-17(20(24)26-5)11(2)12(3)29-18/h7-9H,6,10H2,1-5H3,(H,21,22). The number of anilines is 1. The first-order valence-electron chi connectivity index (χ1n) is 8.78. The first-order chi connectivity index (χ1) is 13.8. The van der Waals surface area contributed by atoms with E-state index >= 15 is 0 Å². The fourth-order valence-corrected chi connectivity index (χ4v) is 3.58. The molecule has 1 amide bonds. The molecule has 1 heterocycles. The minimum Gasteiger partial charge on any atom is -0.493 e. The van der Waals surface area contributed by atoms with E-state index in [9.17, 15) is 14.4 Å². The fraction of sp³-hybridized carbons (Fsp3) is 0.350. The van der Waals surface area contributed by atoms with E-state index in [0.29, 0.717) is 28.7 Å². The van der Waals surface area contributed by atoms with E-state index in [0.717, 1.165) is 10.4 Å². The van der Waals surface area contributed by atoms with Crippen molar-refractivity contribution in [2.45, 2.75) is 20.8 Å². The molecule has 0 unspecified atom stereocenters. The maximum Gasteiger partial charge on any atom is 0.341 e. The molecule has 2 rings (SSSR count). The van der Waals surface area contributed by atoms with E-state index in [1.807, 2.05) is 13.8 Å². The number of methoxy groups -OCH3 is 2. The number of thiophene rings is 1. The lowest BCUT2D eigenvalue weighted by atomic mass is 10.1. The van der Waals surface area contributed by atoms with Gasteiger partial charge in [0.25, 0.3) is 5.91 Å². The number of nitrogens with one attached hydrogen (secondary N) is 1. The minimum absolute atomic E-state index is 0.222. The number of aryl methyl sites for hydroxylation is 1. The van der Waals surface area contributed by atoms with Crippen molar-refractivity contribution < 1.29 is 33.3 Å². The zero-order valence-corrected chi connectivity index (χ0v) is 17.7. The molecule has 8 nitrogen and oxygen atoms in total. The summed E-state index contributed by atoms with van der Waals surface area (Å²) < 4.78 is 20.4. The van der Waals surface area contributed by atoms with Gasteiger partial charge in [-0.1, -0.05) is 0 Å². The van der Waals surface area contributed by atoms with Crippen LogP contribution in [0.5, 0.6) is 11.5 Å². The average Bonchev–Trinajstić information content (AvgIpc) is 2.98. The molecule has 0 spiro atoms. The number of benzene rings is 1. The van der Waals surface area contributed by atoms with E-state index in [4.69, 9.17) is 18.9 Å². The normalized spacial score (nSPS) is 10.2. The molecule has 1 N–H and O–H groups in total. The van der Waals surface area contributed by atoms with Gasteiger partial charge in [-0.15, -0.1) is 11.3 Å². The number of rotatable bonds is 8. The van der Waals surface area contributed by atoms with E-state index in [2.05, 4.69) is 5.32 Å². The van der Waals surface area contributed by atoms with Gasteiger partial charge in [0.2, 0.25) is 0 Å². The molecule has 0 radical (unpaired) electrons. The van der Waals surface area contributed by atoms with Crippen LogP contribution in [0.2, 0.25) is 0 Å². The highest BCUT2D eigenvalue weighted by atomic mass is 32.1. The van der Waals surface area contributed by atoms with Crippen LogP contribution in [0.3, 0.4) is 0 Å². The number of hydrogen-bond acceptors (Lipinski definition) is 8. The number of amides is 1. The Hall–Kier alpha value is -3.07. The van der Waals surface area contributed by atoms with Crippen molar-refractivity contribution >= 4 is 34.2 Å². The molecule has 156 valence electrons. The molecular weight excluding hydrogens is 398 g/mol. The topological polar surface area (TPSA) is 100 Å². The number of carbonyl (C=O) groups excluding carboxylic acids is 3. The second kappa shape index (κ2) is 9.92. The molecule has 0 fully saturated rings. The van der Waals surface area contributed by atoms with E-state index in [1.165, 1.54) is 37.7 Å². The Morgan fingerprint density at radius 1 is 1.07 bits per heavy atom. The van der Waals surface area contributed by atoms with Gasteiger partial charge in [0.05, 0.1) is 32.0 Å². The molecule has 0 aliphatic rings. The van der Waals surface area contributed by atoms with Gasteiger partial charge in [-0.2, -0.15) is 0 Å². The second-order valence-electron chi connectivity index (χ2n) is 5.90. The summed E-state index contributed by atoms with van der Waals surface area (Å²) in [5.41, 5.74) is 1.25. The smallest absolute Gasteiger partial charge is 0.341 e. The highest BCUT2D eigenvalue weighted by Gasteiger charge is 2.22. The number of hydrogen-bond donors (Lipinski definition) is 1. The lowest BCUT2D eigenvalue weighted by molar-refractivity contribution is -0.119. The average molecular weight is 421 g/mol. The largest absolute Gasteiger partial charge is 0.493 e. The molecule has 29 heavy (non-hydrogen) atoms. The van der Waals surface area contributed by atoms with Crippen molar-refractivity contribution in [3.05, 3.63) is 39.8 Å². The number of ether oxygens (including phenoxy) is 4. The van der Waals surface area contributed by atoms with Gasteiger partial charge in [-0.25, -0.2) is 9.59 Å². The van der Waals surface area contributed by atoms with E-state index < -0.39 is 24.5 Å². The minimum atomic E-state index is -0.685. The van der Waals surface area contributed by atoms with Crippen LogP contribution >= 0.6 is 11.3 Å².